The van der Waals surface area contributed by atoms with E-state index >= 15 is 0 Å². The molecular formula is C25H27FN4O4. The number of piperazine rings is 1. The van der Waals surface area contributed by atoms with Crippen LogP contribution >= 0.6 is 0 Å². The molecule has 4 rings (SSSR count). The van der Waals surface area contributed by atoms with Crippen LogP contribution in [0, 0.1) is 5.82 Å². The van der Waals surface area contributed by atoms with Crippen molar-refractivity contribution in [2.45, 2.75) is 13.0 Å². The van der Waals surface area contributed by atoms with Gasteiger partial charge in [-0.2, -0.15) is 0 Å². The molecule has 1 atom stereocenters. The van der Waals surface area contributed by atoms with Crippen LogP contribution in [0.4, 0.5) is 20.6 Å². The van der Waals surface area contributed by atoms with Crippen LogP contribution in [-0.4, -0.2) is 68.2 Å². The summed E-state index contributed by atoms with van der Waals surface area (Å²) >= 11 is 0. The number of anilines is 2. The molecule has 0 bridgehead atoms. The van der Waals surface area contributed by atoms with Crippen LogP contribution in [0.5, 0.6) is 0 Å². The molecule has 0 unspecified atom stereocenters. The number of rotatable bonds is 6. The Morgan fingerprint density at radius 1 is 1.12 bits per heavy atom. The highest BCUT2D eigenvalue weighted by atomic mass is 19.1. The van der Waals surface area contributed by atoms with Crippen molar-refractivity contribution in [3.8, 4) is 0 Å². The van der Waals surface area contributed by atoms with E-state index < -0.39 is 18.0 Å². The third-order valence-electron chi connectivity index (χ3n) is 5.85. The number of halogens is 1. The fourth-order valence-electron chi connectivity index (χ4n) is 4.02. The molecular weight excluding hydrogens is 439 g/mol. The maximum absolute atomic E-state index is 15.0. The Hall–Kier alpha value is -3.88. The second kappa shape index (κ2) is 10.4. The second-order valence-electron chi connectivity index (χ2n) is 8.25. The highest BCUT2D eigenvalue weighted by Crippen LogP contribution is 2.28. The smallest absolute Gasteiger partial charge is 0.414 e. The molecule has 0 radical (unpaired) electrons. The Morgan fingerprint density at radius 2 is 1.85 bits per heavy atom. The predicted molar refractivity (Wildman–Crippen MR) is 127 cm³/mol. The lowest BCUT2D eigenvalue weighted by Crippen LogP contribution is -2.48. The highest BCUT2D eigenvalue weighted by Gasteiger charge is 2.33. The van der Waals surface area contributed by atoms with E-state index in [9.17, 15) is 18.8 Å². The first-order valence-electron chi connectivity index (χ1n) is 11.2. The van der Waals surface area contributed by atoms with Crippen molar-refractivity contribution in [3.05, 3.63) is 66.0 Å². The molecule has 9 heteroatoms. The van der Waals surface area contributed by atoms with Crippen LogP contribution in [0.25, 0.3) is 6.08 Å². The van der Waals surface area contributed by atoms with Gasteiger partial charge in [0.1, 0.15) is 11.9 Å². The third kappa shape index (κ3) is 5.54. The molecule has 1 N–H and O–H groups in total. The fourth-order valence-corrected chi connectivity index (χ4v) is 4.02. The average Bonchev–Trinajstić information content (AvgIpc) is 3.22. The molecule has 34 heavy (non-hydrogen) atoms. The predicted octanol–water partition coefficient (Wildman–Crippen LogP) is 2.65. The lowest BCUT2D eigenvalue weighted by atomic mass is 10.2. The van der Waals surface area contributed by atoms with Gasteiger partial charge in [0, 0.05) is 39.2 Å². The molecule has 0 aliphatic carbocycles. The van der Waals surface area contributed by atoms with E-state index in [1.807, 2.05) is 35.2 Å². The van der Waals surface area contributed by atoms with Gasteiger partial charge in [-0.1, -0.05) is 30.3 Å². The summed E-state index contributed by atoms with van der Waals surface area (Å²) in [6.45, 7) is 3.82. The van der Waals surface area contributed by atoms with Crippen molar-refractivity contribution < 1.29 is 23.5 Å². The van der Waals surface area contributed by atoms with Crippen molar-refractivity contribution in [3.63, 3.8) is 0 Å². The summed E-state index contributed by atoms with van der Waals surface area (Å²) in [7, 11) is 0. The molecule has 0 aromatic heterocycles. The van der Waals surface area contributed by atoms with Gasteiger partial charge in [0.15, 0.2) is 0 Å². The van der Waals surface area contributed by atoms with E-state index in [2.05, 4.69) is 5.32 Å². The molecule has 2 aliphatic heterocycles. The Bertz CT molecular complexity index is 1080. The number of ether oxygens (including phenoxy) is 1. The number of carbonyl (C=O) groups is 3. The van der Waals surface area contributed by atoms with Crippen LogP contribution in [-0.2, 0) is 14.3 Å². The van der Waals surface area contributed by atoms with Gasteiger partial charge in [-0.05, 0) is 29.8 Å². The molecule has 2 fully saturated rings. The summed E-state index contributed by atoms with van der Waals surface area (Å²) < 4.78 is 20.2. The maximum Gasteiger partial charge on any atom is 0.414 e. The maximum atomic E-state index is 15.0. The molecule has 178 valence electrons. The fraction of sp³-hybridized carbons (Fsp3) is 0.320. The molecule has 2 heterocycles. The Balaban J connectivity index is 1.33. The lowest BCUT2D eigenvalue weighted by molar-refractivity contribution is -0.126. The zero-order valence-electron chi connectivity index (χ0n) is 18.9. The normalized spacial score (nSPS) is 18.4. The number of nitrogens with one attached hydrogen (secondary N) is 1. The van der Waals surface area contributed by atoms with Gasteiger partial charge in [-0.15, -0.1) is 0 Å². The van der Waals surface area contributed by atoms with Crippen LogP contribution < -0.4 is 15.1 Å². The summed E-state index contributed by atoms with van der Waals surface area (Å²) in [6, 6.07) is 14.3. The molecule has 8 nitrogen and oxygen atoms in total. The van der Waals surface area contributed by atoms with Gasteiger partial charge in [-0.25, -0.2) is 9.18 Å². The van der Waals surface area contributed by atoms with E-state index in [1.54, 1.807) is 29.2 Å². The summed E-state index contributed by atoms with van der Waals surface area (Å²) in [4.78, 5) is 40.7. The van der Waals surface area contributed by atoms with Crippen molar-refractivity contribution in [1.29, 1.82) is 0 Å². The monoisotopic (exact) mass is 466 g/mol. The number of nitrogens with zero attached hydrogens (tertiary/aromatic N) is 3. The third-order valence-corrected chi connectivity index (χ3v) is 5.85. The van der Waals surface area contributed by atoms with Crippen LogP contribution in [0.3, 0.4) is 0 Å². The van der Waals surface area contributed by atoms with Gasteiger partial charge >= 0.3 is 6.09 Å². The van der Waals surface area contributed by atoms with Crippen LogP contribution in [0.15, 0.2) is 54.6 Å². The first kappa shape index (κ1) is 23.3. The molecule has 2 aromatic rings. The Kier molecular flexibility index (Phi) is 7.10. The molecule has 0 spiro atoms. The SMILES string of the molecule is CC(=O)NC[C@H]1CN(c2ccc(N3CCN(C(=O)C=Cc4ccccc4)CC3)c(F)c2)C(=O)O1. The van der Waals surface area contributed by atoms with Gasteiger partial charge in [0.2, 0.25) is 11.8 Å². The van der Waals surface area contributed by atoms with Crippen molar-refractivity contribution in [1.82, 2.24) is 10.2 Å². The lowest BCUT2D eigenvalue weighted by Gasteiger charge is -2.36. The second-order valence-corrected chi connectivity index (χ2v) is 8.25. The number of benzene rings is 2. The van der Waals surface area contributed by atoms with Crippen molar-refractivity contribution >= 4 is 35.4 Å². The van der Waals surface area contributed by atoms with E-state index in [1.165, 1.54) is 17.9 Å². The molecule has 3 amide bonds. The molecule has 2 aromatic carbocycles. The summed E-state index contributed by atoms with van der Waals surface area (Å²) in [5.74, 6) is -0.723. The minimum atomic E-state index is -0.571. The number of hydrogen-bond acceptors (Lipinski definition) is 5. The zero-order chi connectivity index (χ0) is 24.1. The quantitative estimate of drug-likeness (QED) is 0.662. The van der Waals surface area contributed by atoms with E-state index in [-0.39, 0.29) is 24.9 Å². The molecule has 2 aliphatic rings. The first-order valence-corrected chi connectivity index (χ1v) is 11.2. The van der Waals surface area contributed by atoms with Crippen molar-refractivity contribution in [2.75, 3.05) is 49.1 Å². The summed E-state index contributed by atoms with van der Waals surface area (Å²) in [6.07, 6.45) is 2.30. The minimum absolute atomic E-state index is 0.0688. The van der Waals surface area contributed by atoms with Gasteiger partial charge in [0.25, 0.3) is 0 Å². The topological polar surface area (TPSA) is 82.2 Å². The van der Waals surface area contributed by atoms with Crippen LogP contribution in [0.1, 0.15) is 12.5 Å². The van der Waals surface area contributed by atoms with Crippen LogP contribution in [0.2, 0.25) is 0 Å². The minimum Gasteiger partial charge on any atom is -0.442 e. The average molecular weight is 467 g/mol. The number of cyclic esters (lactones) is 1. The van der Waals surface area contributed by atoms with Gasteiger partial charge in [-0.3, -0.25) is 14.5 Å². The van der Waals surface area contributed by atoms with Crippen molar-refractivity contribution in [2.24, 2.45) is 0 Å². The van der Waals surface area contributed by atoms with E-state index in [4.69, 9.17) is 4.74 Å². The standard InChI is InChI=1S/C25H27FN4O4/c1-18(31)27-16-21-17-30(25(33)34-21)20-8-9-23(22(26)15-20)28-11-13-29(14-12-28)24(32)10-7-19-5-3-2-4-6-19/h2-10,15,21H,11-14,16-17H2,1H3,(H,27,31)/t21-/m0/s1. The first-order chi connectivity index (χ1) is 16.4. The zero-order valence-corrected chi connectivity index (χ0v) is 18.9. The van der Waals surface area contributed by atoms with E-state index in [0.717, 1.165) is 5.56 Å². The summed E-state index contributed by atoms with van der Waals surface area (Å²) in [5, 5.41) is 2.62. The largest absolute Gasteiger partial charge is 0.442 e. The molecule has 2 saturated heterocycles. The summed E-state index contributed by atoms with van der Waals surface area (Å²) in [5.41, 5.74) is 1.79. The Labute approximate surface area is 197 Å². The highest BCUT2D eigenvalue weighted by molar-refractivity contribution is 5.92. The Morgan fingerprint density at radius 3 is 2.53 bits per heavy atom. The van der Waals surface area contributed by atoms with E-state index in [0.29, 0.717) is 37.6 Å². The number of hydrogen-bond donors (Lipinski definition) is 1. The number of amides is 3. The van der Waals surface area contributed by atoms with Gasteiger partial charge < -0.3 is 19.9 Å². The number of carbonyl (C=O) groups excluding carboxylic acids is 3. The van der Waals surface area contributed by atoms with Gasteiger partial charge in [0.05, 0.1) is 24.5 Å². The molecule has 0 saturated carbocycles.